The standard InChI is InChI=1S/C14H12N2O2S2/c17-14(12-4-7-16-18-12)15-6-3-11-1-2-13(20-11)10-5-8-19-9-10/h1-2,4-5,7-9H,3,6H2,(H,15,17). The number of amides is 1. The van der Waals surface area contributed by atoms with Crippen molar-refractivity contribution in [3.63, 3.8) is 0 Å². The van der Waals surface area contributed by atoms with E-state index in [9.17, 15) is 4.79 Å². The summed E-state index contributed by atoms with van der Waals surface area (Å²) in [6.45, 7) is 0.586. The van der Waals surface area contributed by atoms with Crippen molar-refractivity contribution in [2.75, 3.05) is 6.54 Å². The molecule has 1 amide bonds. The van der Waals surface area contributed by atoms with E-state index < -0.39 is 0 Å². The quantitative estimate of drug-likeness (QED) is 0.785. The lowest BCUT2D eigenvalue weighted by molar-refractivity contribution is 0.0917. The van der Waals surface area contributed by atoms with E-state index in [-0.39, 0.29) is 11.7 Å². The van der Waals surface area contributed by atoms with Crippen molar-refractivity contribution < 1.29 is 9.32 Å². The van der Waals surface area contributed by atoms with E-state index in [0.717, 1.165) is 6.42 Å². The summed E-state index contributed by atoms with van der Waals surface area (Å²) in [6.07, 6.45) is 2.27. The fourth-order valence-electron chi connectivity index (χ4n) is 1.79. The number of hydrogen-bond donors (Lipinski definition) is 1. The van der Waals surface area contributed by atoms with E-state index >= 15 is 0 Å². The van der Waals surface area contributed by atoms with E-state index in [4.69, 9.17) is 4.52 Å². The van der Waals surface area contributed by atoms with Crippen LogP contribution in [0.5, 0.6) is 0 Å². The molecule has 6 heteroatoms. The maximum Gasteiger partial charge on any atom is 0.289 e. The van der Waals surface area contributed by atoms with Crippen molar-refractivity contribution in [3.8, 4) is 10.4 Å². The molecule has 3 heterocycles. The first-order chi connectivity index (χ1) is 9.83. The van der Waals surface area contributed by atoms with Crippen LogP contribution in [0.15, 0.2) is 45.7 Å². The van der Waals surface area contributed by atoms with Crippen LogP contribution in [0.4, 0.5) is 0 Å². The van der Waals surface area contributed by atoms with Crippen molar-refractivity contribution in [1.29, 1.82) is 0 Å². The van der Waals surface area contributed by atoms with Crippen LogP contribution < -0.4 is 5.32 Å². The van der Waals surface area contributed by atoms with Crippen molar-refractivity contribution in [2.24, 2.45) is 0 Å². The molecule has 4 nitrogen and oxygen atoms in total. The second-order valence-electron chi connectivity index (χ2n) is 4.16. The van der Waals surface area contributed by atoms with Crippen LogP contribution in [0.3, 0.4) is 0 Å². The Morgan fingerprint density at radius 2 is 2.25 bits per heavy atom. The third kappa shape index (κ3) is 2.97. The summed E-state index contributed by atoms with van der Waals surface area (Å²) >= 11 is 3.46. The van der Waals surface area contributed by atoms with Crippen LogP contribution in [0, 0.1) is 0 Å². The molecule has 0 bridgehead atoms. The highest BCUT2D eigenvalue weighted by atomic mass is 32.1. The SMILES string of the molecule is O=C(NCCc1ccc(-c2ccsc2)s1)c1ccno1. The Morgan fingerprint density at radius 1 is 1.30 bits per heavy atom. The molecule has 0 unspecified atom stereocenters. The summed E-state index contributed by atoms with van der Waals surface area (Å²) < 4.78 is 4.79. The van der Waals surface area contributed by atoms with Crippen LogP contribution in [0.25, 0.3) is 10.4 Å². The van der Waals surface area contributed by atoms with E-state index in [1.807, 2.05) is 0 Å². The molecular formula is C14H12N2O2S2. The number of aromatic nitrogens is 1. The first kappa shape index (κ1) is 13.1. The van der Waals surface area contributed by atoms with Gasteiger partial charge in [-0.1, -0.05) is 5.16 Å². The van der Waals surface area contributed by atoms with E-state index in [1.165, 1.54) is 21.5 Å². The zero-order valence-corrected chi connectivity index (χ0v) is 12.2. The summed E-state index contributed by atoms with van der Waals surface area (Å²) in [5.74, 6) is 0.0206. The predicted molar refractivity (Wildman–Crippen MR) is 80.2 cm³/mol. The molecule has 0 aliphatic carbocycles. The minimum absolute atomic E-state index is 0.225. The Balaban J connectivity index is 1.53. The normalized spacial score (nSPS) is 10.6. The molecule has 1 N–H and O–H groups in total. The Bertz CT molecular complexity index is 672. The lowest BCUT2D eigenvalue weighted by atomic mass is 10.3. The third-order valence-electron chi connectivity index (χ3n) is 2.79. The lowest BCUT2D eigenvalue weighted by Gasteiger charge is -2.00. The monoisotopic (exact) mass is 304 g/mol. The maximum atomic E-state index is 11.6. The highest BCUT2D eigenvalue weighted by Crippen LogP contribution is 2.29. The average molecular weight is 304 g/mol. The number of nitrogens with zero attached hydrogens (tertiary/aromatic N) is 1. The minimum atomic E-state index is -0.225. The van der Waals surface area contributed by atoms with Crippen LogP contribution in [-0.4, -0.2) is 17.6 Å². The Morgan fingerprint density at radius 3 is 3.00 bits per heavy atom. The molecule has 0 saturated carbocycles. The van der Waals surface area contributed by atoms with E-state index in [1.54, 1.807) is 28.7 Å². The van der Waals surface area contributed by atoms with Gasteiger partial charge in [-0.15, -0.1) is 11.3 Å². The van der Waals surface area contributed by atoms with Gasteiger partial charge in [0.2, 0.25) is 5.76 Å². The molecule has 0 aromatic carbocycles. The number of hydrogen-bond acceptors (Lipinski definition) is 5. The molecule has 0 aliphatic rings. The van der Waals surface area contributed by atoms with Gasteiger partial charge in [-0.05, 0) is 35.4 Å². The van der Waals surface area contributed by atoms with Crippen molar-refractivity contribution in [2.45, 2.75) is 6.42 Å². The summed E-state index contributed by atoms with van der Waals surface area (Å²) in [5, 5.41) is 10.5. The van der Waals surface area contributed by atoms with Crippen molar-refractivity contribution in [1.82, 2.24) is 10.5 Å². The highest BCUT2D eigenvalue weighted by Gasteiger charge is 2.09. The second-order valence-corrected chi connectivity index (χ2v) is 6.11. The topological polar surface area (TPSA) is 55.1 Å². The molecule has 102 valence electrons. The van der Waals surface area contributed by atoms with Gasteiger partial charge in [-0.2, -0.15) is 11.3 Å². The first-order valence-electron chi connectivity index (χ1n) is 6.13. The third-order valence-corrected chi connectivity index (χ3v) is 4.66. The van der Waals surface area contributed by atoms with Gasteiger partial charge in [0.15, 0.2) is 0 Å². The molecule has 0 fully saturated rings. The first-order valence-corrected chi connectivity index (χ1v) is 7.89. The molecule has 3 aromatic heterocycles. The van der Waals surface area contributed by atoms with Crippen LogP contribution in [-0.2, 0) is 6.42 Å². The Labute approximate surface area is 124 Å². The zero-order valence-electron chi connectivity index (χ0n) is 10.5. The second kappa shape index (κ2) is 6.02. The molecule has 0 radical (unpaired) electrons. The fraction of sp³-hybridized carbons (Fsp3) is 0.143. The van der Waals surface area contributed by atoms with Gasteiger partial charge < -0.3 is 9.84 Å². The van der Waals surface area contributed by atoms with E-state index in [0.29, 0.717) is 6.54 Å². The van der Waals surface area contributed by atoms with Crippen LogP contribution in [0.2, 0.25) is 0 Å². The number of nitrogens with one attached hydrogen (secondary N) is 1. The number of carbonyl (C=O) groups excluding carboxylic acids is 1. The van der Waals surface area contributed by atoms with Gasteiger partial charge in [0.05, 0.1) is 6.20 Å². The predicted octanol–water partition coefficient (Wildman–Crippen LogP) is 3.44. The lowest BCUT2D eigenvalue weighted by Crippen LogP contribution is -2.25. The van der Waals surface area contributed by atoms with E-state index in [2.05, 4.69) is 39.4 Å². The molecule has 3 rings (SSSR count). The van der Waals surface area contributed by atoms with Gasteiger partial charge in [0.1, 0.15) is 0 Å². The van der Waals surface area contributed by atoms with Gasteiger partial charge in [-0.3, -0.25) is 4.79 Å². The fourth-order valence-corrected chi connectivity index (χ4v) is 3.53. The number of carbonyl (C=O) groups is 1. The smallest absolute Gasteiger partial charge is 0.289 e. The van der Waals surface area contributed by atoms with Gasteiger partial charge in [0, 0.05) is 27.9 Å². The molecule has 20 heavy (non-hydrogen) atoms. The van der Waals surface area contributed by atoms with Crippen molar-refractivity contribution in [3.05, 3.63) is 51.9 Å². The van der Waals surface area contributed by atoms with Gasteiger partial charge in [0.25, 0.3) is 5.91 Å². The maximum absolute atomic E-state index is 11.6. The molecule has 0 saturated heterocycles. The molecule has 0 aliphatic heterocycles. The minimum Gasteiger partial charge on any atom is -0.351 e. The molecule has 0 atom stereocenters. The van der Waals surface area contributed by atoms with Crippen LogP contribution >= 0.6 is 22.7 Å². The summed E-state index contributed by atoms with van der Waals surface area (Å²) in [4.78, 5) is 14.2. The number of thiophene rings is 2. The Kier molecular flexibility index (Phi) is 3.94. The van der Waals surface area contributed by atoms with Crippen LogP contribution in [0.1, 0.15) is 15.4 Å². The number of rotatable bonds is 5. The molecule has 3 aromatic rings. The average Bonchev–Trinajstić information content (AvgIpc) is 3.20. The Hall–Kier alpha value is -1.92. The molecule has 0 spiro atoms. The zero-order chi connectivity index (χ0) is 13.8. The summed E-state index contributed by atoms with van der Waals surface area (Å²) in [7, 11) is 0. The largest absolute Gasteiger partial charge is 0.351 e. The molecular weight excluding hydrogens is 292 g/mol. The summed E-state index contributed by atoms with van der Waals surface area (Å²) in [6, 6.07) is 7.90. The highest BCUT2D eigenvalue weighted by molar-refractivity contribution is 7.16. The summed E-state index contributed by atoms with van der Waals surface area (Å²) in [5.41, 5.74) is 1.26. The van der Waals surface area contributed by atoms with Gasteiger partial charge >= 0.3 is 0 Å². The van der Waals surface area contributed by atoms with Gasteiger partial charge in [-0.25, -0.2) is 0 Å². The van der Waals surface area contributed by atoms with Crippen molar-refractivity contribution >= 4 is 28.6 Å².